The van der Waals surface area contributed by atoms with Crippen LogP contribution in [-0.2, 0) is 3.08 Å². The molecule has 0 aliphatic heterocycles. The molecule has 0 spiro atoms. The number of hydrogen-bond donors (Lipinski definition) is 0. The molecule has 0 unspecified atom stereocenters. The van der Waals surface area contributed by atoms with Crippen molar-refractivity contribution in [2.24, 2.45) is 0 Å². The summed E-state index contributed by atoms with van der Waals surface area (Å²) >= 11 is 0.300. The van der Waals surface area contributed by atoms with Crippen LogP contribution in [0.4, 0.5) is 0 Å². The first-order valence-electron chi connectivity index (χ1n) is 2.12. The number of hydrogen-bond acceptors (Lipinski definition) is 1. The SMILES string of the molecule is CCCC.[O]=[Sn]. The van der Waals surface area contributed by atoms with Gasteiger partial charge in [0.05, 0.1) is 0 Å². The first-order valence-corrected chi connectivity index (χ1v) is 3.28. The summed E-state index contributed by atoms with van der Waals surface area (Å²) in [7, 11) is 0. The minimum absolute atomic E-state index is 0.300. The van der Waals surface area contributed by atoms with Gasteiger partial charge in [0.25, 0.3) is 0 Å². The van der Waals surface area contributed by atoms with E-state index >= 15 is 0 Å². The average molecular weight is 193 g/mol. The summed E-state index contributed by atoms with van der Waals surface area (Å²) in [6, 6.07) is 0. The van der Waals surface area contributed by atoms with Gasteiger partial charge in [-0.05, 0) is 0 Å². The van der Waals surface area contributed by atoms with Crippen molar-refractivity contribution in [1.29, 1.82) is 0 Å². The van der Waals surface area contributed by atoms with Crippen molar-refractivity contribution in [3.8, 4) is 0 Å². The van der Waals surface area contributed by atoms with Gasteiger partial charge in [0.2, 0.25) is 0 Å². The minimum atomic E-state index is 0.300. The predicted molar refractivity (Wildman–Crippen MR) is 27.0 cm³/mol. The Bertz CT molecular complexity index is 15.0. The third kappa shape index (κ3) is 23.3. The Morgan fingerprint density at radius 1 is 1.17 bits per heavy atom. The molecule has 0 aromatic carbocycles. The van der Waals surface area contributed by atoms with Crippen molar-refractivity contribution in [3.63, 3.8) is 0 Å². The summed E-state index contributed by atoms with van der Waals surface area (Å²) in [6.07, 6.45) is 2.64. The van der Waals surface area contributed by atoms with Crippen molar-refractivity contribution < 1.29 is 3.08 Å². The van der Waals surface area contributed by atoms with Crippen LogP contribution in [0.1, 0.15) is 26.7 Å². The Labute approximate surface area is 52.6 Å². The zero-order chi connectivity index (χ0) is 5.41. The Morgan fingerprint density at radius 2 is 1.33 bits per heavy atom. The molecule has 0 rings (SSSR count). The molecular formula is C4H10OSn. The first-order chi connectivity index (χ1) is 2.91. The van der Waals surface area contributed by atoms with Gasteiger partial charge in [0.1, 0.15) is 0 Å². The molecule has 0 aromatic rings. The molecule has 36 valence electrons. The summed E-state index contributed by atoms with van der Waals surface area (Å²) in [5.74, 6) is 0. The summed E-state index contributed by atoms with van der Waals surface area (Å²) in [5.41, 5.74) is 0. The molecule has 0 bridgehead atoms. The predicted octanol–water partition coefficient (Wildman–Crippen LogP) is 1.31. The molecule has 0 heterocycles. The fourth-order valence-corrected chi connectivity index (χ4v) is 0. The van der Waals surface area contributed by atoms with Crippen LogP contribution in [0.2, 0.25) is 0 Å². The normalized spacial score (nSPS) is 5.67. The molecule has 0 aromatic heterocycles. The molecule has 0 atom stereocenters. The summed E-state index contributed by atoms with van der Waals surface area (Å²) in [6.45, 7) is 4.36. The second-order valence-corrected chi connectivity index (χ2v) is 1.000. The second-order valence-electron chi connectivity index (χ2n) is 1.000. The Kier molecular flexibility index (Phi) is 28.6. The van der Waals surface area contributed by atoms with Gasteiger partial charge >= 0.3 is 25.6 Å². The molecule has 6 heavy (non-hydrogen) atoms. The summed E-state index contributed by atoms with van der Waals surface area (Å²) in [5, 5.41) is 0. The van der Waals surface area contributed by atoms with Gasteiger partial charge < -0.3 is 0 Å². The third-order valence-electron chi connectivity index (χ3n) is 0.500. The number of rotatable bonds is 1. The van der Waals surface area contributed by atoms with E-state index in [2.05, 4.69) is 13.8 Å². The monoisotopic (exact) mass is 194 g/mol. The molecule has 0 fully saturated rings. The topological polar surface area (TPSA) is 17.1 Å². The Morgan fingerprint density at radius 3 is 1.33 bits per heavy atom. The molecular weight excluding hydrogens is 183 g/mol. The van der Waals surface area contributed by atoms with E-state index in [0.717, 1.165) is 0 Å². The van der Waals surface area contributed by atoms with Crippen molar-refractivity contribution >= 4 is 22.5 Å². The van der Waals surface area contributed by atoms with Crippen LogP contribution in [-0.4, -0.2) is 22.5 Å². The van der Waals surface area contributed by atoms with E-state index in [0.29, 0.717) is 22.5 Å². The molecule has 0 amide bonds. The molecule has 0 saturated heterocycles. The maximum atomic E-state index is 8.34. The molecule has 0 saturated carbocycles. The van der Waals surface area contributed by atoms with E-state index in [9.17, 15) is 0 Å². The van der Waals surface area contributed by atoms with Crippen molar-refractivity contribution in [2.75, 3.05) is 0 Å². The summed E-state index contributed by atoms with van der Waals surface area (Å²) in [4.78, 5) is 0. The quantitative estimate of drug-likeness (QED) is 0.573. The van der Waals surface area contributed by atoms with E-state index in [1.54, 1.807) is 0 Å². The van der Waals surface area contributed by atoms with Crippen molar-refractivity contribution in [1.82, 2.24) is 0 Å². The van der Waals surface area contributed by atoms with Crippen LogP contribution in [0.3, 0.4) is 0 Å². The van der Waals surface area contributed by atoms with Gasteiger partial charge in [-0.25, -0.2) is 0 Å². The zero-order valence-electron chi connectivity index (χ0n) is 4.32. The number of unbranched alkanes of at least 4 members (excludes halogenated alkanes) is 1. The van der Waals surface area contributed by atoms with Crippen molar-refractivity contribution in [3.05, 3.63) is 0 Å². The van der Waals surface area contributed by atoms with E-state index in [-0.39, 0.29) is 0 Å². The fraction of sp³-hybridized carbons (Fsp3) is 1.00. The molecule has 0 aliphatic carbocycles. The average Bonchev–Trinajstić information content (AvgIpc) is 1.72. The fourth-order valence-electron chi connectivity index (χ4n) is 0. The third-order valence-corrected chi connectivity index (χ3v) is 0.500. The van der Waals surface area contributed by atoms with Gasteiger partial charge in [-0.3, -0.25) is 0 Å². The Balaban J connectivity index is 0. The van der Waals surface area contributed by atoms with Gasteiger partial charge in [-0.2, -0.15) is 0 Å². The first kappa shape index (κ1) is 9.78. The van der Waals surface area contributed by atoms with Gasteiger partial charge in [-0.15, -0.1) is 0 Å². The molecule has 0 N–H and O–H groups in total. The zero-order valence-corrected chi connectivity index (χ0v) is 7.18. The standard InChI is InChI=1S/C4H10.O.Sn/c1-3-4-2;;/h3-4H2,1-2H3;;. The van der Waals surface area contributed by atoms with Crippen LogP contribution < -0.4 is 0 Å². The van der Waals surface area contributed by atoms with E-state index in [4.69, 9.17) is 3.08 Å². The van der Waals surface area contributed by atoms with Gasteiger partial charge in [0.15, 0.2) is 0 Å². The molecule has 1 nitrogen and oxygen atoms in total. The van der Waals surface area contributed by atoms with E-state index in [1.165, 1.54) is 12.8 Å². The maximum absolute atomic E-state index is 8.34. The van der Waals surface area contributed by atoms with Crippen LogP contribution in [0.15, 0.2) is 0 Å². The molecule has 2 heteroatoms. The summed E-state index contributed by atoms with van der Waals surface area (Å²) < 4.78 is 8.34. The van der Waals surface area contributed by atoms with Crippen LogP contribution in [0, 0.1) is 0 Å². The molecule has 0 aliphatic rings. The van der Waals surface area contributed by atoms with Gasteiger partial charge in [0, 0.05) is 0 Å². The van der Waals surface area contributed by atoms with Crippen LogP contribution in [0.25, 0.3) is 0 Å². The van der Waals surface area contributed by atoms with E-state index in [1.807, 2.05) is 0 Å². The van der Waals surface area contributed by atoms with Crippen molar-refractivity contribution in [2.45, 2.75) is 26.7 Å². The van der Waals surface area contributed by atoms with Crippen LogP contribution in [0.5, 0.6) is 0 Å². The van der Waals surface area contributed by atoms with Crippen LogP contribution >= 0.6 is 0 Å². The Hall–Kier alpha value is 0.599. The van der Waals surface area contributed by atoms with E-state index < -0.39 is 0 Å². The molecule has 2 radical (unpaired) electrons. The van der Waals surface area contributed by atoms with Gasteiger partial charge in [-0.1, -0.05) is 26.7 Å². The second kappa shape index (κ2) is 17.5.